The summed E-state index contributed by atoms with van der Waals surface area (Å²) in [6, 6.07) is 11.0. The van der Waals surface area contributed by atoms with Gasteiger partial charge >= 0.3 is 0 Å². The Kier molecular flexibility index (Phi) is 5.07. The van der Waals surface area contributed by atoms with Gasteiger partial charge in [0, 0.05) is 11.1 Å². The zero-order valence-electron chi connectivity index (χ0n) is 16.2. The third kappa shape index (κ3) is 3.48. The van der Waals surface area contributed by atoms with Crippen LogP contribution >= 0.6 is 0 Å². The second kappa shape index (κ2) is 7.66. The molecule has 4 rings (SSSR count). The summed E-state index contributed by atoms with van der Waals surface area (Å²) < 4.78 is 11.3. The van der Waals surface area contributed by atoms with Gasteiger partial charge in [-0.2, -0.15) is 0 Å². The van der Waals surface area contributed by atoms with Crippen LogP contribution in [0.2, 0.25) is 0 Å². The summed E-state index contributed by atoms with van der Waals surface area (Å²) >= 11 is 0. The first kappa shape index (κ1) is 18.5. The number of benzene rings is 2. The normalized spacial score (nSPS) is 15.1. The molecule has 146 valence electrons. The number of rotatable bonds is 4. The van der Waals surface area contributed by atoms with Gasteiger partial charge in [-0.05, 0) is 37.6 Å². The van der Waals surface area contributed by atoms with Gasteiger partial charge < -0.3 is 24.5 Å². The van der Waals surface area contributed by atoms with Gasteiger partial charge in [0.1, 0.15) is 36.7 Å². The Morgan fingerprint density at radius 1 is 1.14 bits per heavy atom. The van der Waals surface area contributed by atoms with E-state index in [9.17, 15) is 9.90 Å². The number of aryl methyl sites for hydroxylation is 2. The molecule has 0 bridgehead atoms. The Balaban J connectivity index is 1.75. The van der Waals surface area contributed by atoms with E-state index in [0.29, 0.717) is 42.1 Å². The summed E-state index contributed by atoms with van der Waals surface area (Å²) in [6.07, 6.45) is 0. The van der Waals surface area contributed by atoms with E-state index >= 15 is 0 Å². The Labute approximate surface area is 163 Å². The van der Waals surface area contributed by atoms with E-state index in [1.165, 1.54) is 4.90 Å². The lowest BCUT2D eigenvalue weighted by Crippen LogP contribution is -3.12. The van der Waals surface area contributed by atoms with Crippen LogP contribution in [0.5, 0.6) is 5.75 Å². The molecule has 3 aromatic rings. The number of fused-ring (bicyclic) bond motifs is 1. The topological polar surface area (TPSA) is 76.1 Å². The van der Waals surface area contributed by atoms with E-state index < -0.39 is 0 Å². The number of phenolic OH excluding ortho intramolecular Hbond substituents is 1. The van der Waals surface area contributed by atoms with E-state index in [4.69, 9.17) is 9.15 Å². The molecule has 0 unspecified atom stereocenters. The van der Waals surface area contributed by atoms with Crippen molar-refractivity contribution in [1.82, 2.24) is 0 Å². The summed E-state index contributed by atoms with van der Waals surface area (Å²) in [5.74, 6) is 0.511. The molecule has 0 aliphatic carbocycles. The Hall–Kier alpha value is -2.83. The first-order valence-electron chi connectivity index (χ1n) is 9.57. The Bertz CT molecular complexity index is 1020. The van der Waals surface area contributed by atoms with Crippen molar-refractivity contribution in [2.75, 3.05) is 31.6 Å². The average Bonchev–Trinajstić information content (AvgIpc) is 3.03. The van der Waals surface area contributed by atoms with Crippen LogP contribution < -0.4 is 10.2 Å². The summed E-state index contributed by atoms with van der Waals surface area (Å²) in [5, 5.41) is 14.3. The molecular formula is C22H25N2O4+. The monoisotopic (exact) mass is 381 g/mol. The minimum atomic E-state index is -0.227. The van der Waals surface area contributed by atoms with E-state index in [2.05, 4.69) is 5.32 Å². The average molecular weight is 381 g/mol. The summed E-state index contributed by atoms with van der Waals surface area (Å²) in [6.45, 7) is 7.52. The van der Waals surface area contributed by atoms with Crippen molar-refractivity contribution in [2.24, 2.45) is 0 Å². The number of phenols is 1. The van der Waals surface area contributed by atoms with Gasteiger partial charge in [0.05, 0.1) is 24.3 Å². The van der Waals surface area contributed by atoms with E-state index in [0.717, 1.165) is 29.9 Å². The van der Waals surface area contributed by atoms with Gasteiger partial charge in [0.25, 0.3) is 5.91 Å². The van der Waals surface area contributed by atoms with Crippen molar-refractivity contribution in [3.8, 4) is 5.75 Å². The summed E-state index contributed by atoms with van der Waals surface area (Å²) in [5.41, 5.74) is 3.61. The van der Waals surface area contributed by atoms with Crippen molar-refractivity contribution in [3.05, 3.63) is 58.8 Å². The van der Waals surface area contributed by atoms with Crippen LogP contribution in [0.3, 0.4) is 0 Å². The number of furan rings is 1. The van der Waals surface area contributed by atoms with Crippen LogP contribution in [0.4, 0.5) is 5.69 Å². The largest absolute Gasteiger partial charge is 0.507 e. The molecule has 6 heteroatoms. The van der Waals surface area contributed by atoms with Crippen LogP contribution in [-0.2, 0) is 11.3 Å². The van der Waals surface area contributed by atoms with Crippen LogP contribution in [0.1, 0.15) is 27.2 Å². The second-order valence-corrected chi connectivity index (χ2v) is 7.28. The molecule has 6 nitrogen and oxygen atoms in total. The number of nitrogens with one attached hydrogen (secondary N) is 2. The number of carbonyl (C=O) groups excluding carboxylic acids is 1. The minimum absolute atomic E-state index is 0.192. The third-order valence-electron chi connectivity index (χ3n) is 5.36. The van der Waals surface area contributed by atoms with E-state index in [1.807, 2.05) is 31.2 Å². The number of carbonyl (C=O) groups is 1. The van der Waals surface area contributed by atoms with Gasteiger partial charge in [0.15, 0.2) is 0 Å². The first-order valence-corrected chi connectivity index (χ1v) is 9.57. The molecule has 0 atom stereocenters. The SMILES string of the molecule is Cc1ccccc1NC(=O)c1c(C)oc2ccc(O)c(C[NH+]3CCOCC3)c12. The molecule has 0 radical (unpaired) electrons. The number of ether oxygens (including phenoxy) is 1. The minimum Gasteiger partial charge on any atom is -0.507 e. The number of morpholine rings is 1. The van der Waals surface area contributed by atoms with Crippen LogP contribution in [0, 0.1) is 13.8 Å². The van der Waals surface area contributed by atoms with Gasteiger partial charge in [-0.25, -0.2) is 0 Å². The van der Waals surface area contributed by atoms with Crippen molar-refractivity contribution < 1.29 is 24.0 Å². The maximum absolute atomic E-state index is 13.1. The first-order chi connectivity index (χ1) is 13.5. The highest BCUT2D eigenvalue weighted by Gasteiger charge is 2.26. The molecular weight excluding hydrogens is 356 g/mol. The second-order valence-electron chi connectivity index (χ2n) is 7.28. The van der Waals surface area contributed by atoms with Gasteiger partial charge in [0.2, 0.25) is 0 Å². The molecule has 3 N–H and O–H groups in total. The molecule has 1 aliphatic rings. The molecule has 1 saturated heterocycles. The lowest BCUT2D eigenvalue weighted by molar-refractivity contribution is -0.921. The fraction of sp³-hybridized carbons (Fsp3) is 0.318. The lowest BCUT2D eigenvalue weighted by Gasteiger charge is -2.24. The number of hydrogen-bond acceptors (Lipinski definition) is 4. The zero-order chi connectivity index (χ0) is 19.7. The fourth-order valence-electron chi connectivity index (χ4n) is 3.80. The summed E-state index contributed by atoms with van der Waals surface area (Å²) in [4.78, 5) is 14.5. The van der Waals surface area contributed by atoms with Crippen molar-refractivity contribution in [2.45, 2.75) is 20.4 Å². The lowest BCUT2D eigenvalue weighted by atomic mass is 10.0. The van der Waals surface area contributed by atoms with Crippen molar-refractivity contribution in [3.63, 3.8) is 0 Å². The highest BCUT2D eigenvalue weighted by molar-refractivity contribution is 6.14. The number of anilines is 1. The van der Waals surface area contributed by atoms with E-state index in [-0.39, 0.29) is 11.7 Å². The van der Waals surface area contributed by atoms with E-state index in [1.54, 1.807) is 19.1 Å². The predicted molar refractivity (Wildman–Crippen MR) is 107 cm³/mol. The number of hydrogen-bond donors (Lipinski definition) is 3. The number of quaternary nitrogens is 1. The van der Waals surface area contributed by atoms with Gasteiger partial charge in [-0.15, -0.1) is 0 Å². The molecule has 1 aromatic heterocycles. The molecule has 2 heterocycles. The Morgan fingerprint density at radius 2 is 1.89 bits per heavy atom. The molecule has 2 aromatic carbocycles. The molecule has 0 spiro atoms. The number of amides is 1. The molecule has 1 aliphatic heterocycles. The molecule has 1 amide bonds. The summed E-state index contributed by atoms with van der Waals surface area (Å²) in [7, 11) is 0. The highest BCUT2D eigenvalue weighted by Crippen LogP contribution is 2.34. The third-order valence-corrected chi connectivity index (χ3v) is 5.36. The Morgan fingerprint density at radius 3 is 2.64 bits per heavy atom. The molecule has 1 fully saturated rings. The smallest absolute Gasteiger partial charge is 0.259 e. The quantitative estimate of drug-likeness (QED) is 0.649. The van der Waals surface area contributed by atoms with Gasteiger partial charge in [-0.3, -0.25) is 4.79 Å². The maximum Gasteiger partial charge on any atom is 0.259 e. The van der Waals surface area contributed by atoms with Crippen LogP contribution in [0.25, 0.3) is 11.0 Å². The van der Waals surface area contributed by atoms with Crippen molar-refractivity contribution in [1.29, 1.82) is 0 Å². The molecule has 0 saturated carbocycles. The van der Waals surface area contributed by atoms with Crippen LogP contribution in [0.15, 0.2) is 40.8 Å². The number of para-hydroxylation sites is 1. The highest BCUT2D eigenvalue weighted by atomic mass is 16.5. The predicted octanol–water partition coefficient (Wildman–Crippen LogP) is 2.42. The van der Waals surface area contributed by atoms with Crippen molar-refractivity contribution >= 4 is 22.6 Å². The van der Waals surface area contributed by atoms with Gasteiger partial charge in [-0.1, -0.05) is 18.2 Å². The standard InChI is InChI=1S/C22H24N2O4/c1-14-5-3-4-6-17(14)23-22(26)20-15(2)28-19-8-7-18(25)16(21(19)20)13-24-9-11-27-12-10-24/h3-8,25H,9-13H2,1-2H3,(H,23,26)/p+1. The number of aromatic hydroxyl groups is 1. The van der Waals surface area contributed by atoms with Crippen LogP contribution in [-0.4, -0.2) is 37.3 Å². The molecule has 28 heavy (non-hydrogen) atoms. The maximum atomic E-state index is 13.1. The zero-order valence-corrected chi connectivity index (χ0v) is 16.2. The fourth-order valence-corrected chi connectivity index (χ4v) is 3.80.